The van der Waals surface area contributed by atoms with Gasteiger partial charge in [-0.2, -0.15) is 0 Å². The summed E-state index contributed by atoms with van der Waals surface area (Å²) < 4.78 is 19.2. The van der Waals surface area contributed by atoms with Crippen molar-refractivity contribution in [3.8, 4) is 62.0 Å². The monoisotopic (exact) mass is 1900 g/mol. The van der Waals surface area contributed by atoms with Crippen LogP contribution in [0.5, 0.6) is 5.75 Å². The van der Waals surface area contributed by atoms with Crippen LogP contribution in [0.2, 0.25) is 15.1 Å². The molecule has 3 fully saturated rings. The number of aliphatic hydroxyl groups is 2. The van der Waals surface area contributed by atoms with E-state index in [1.807, 2.05) is 128 Å². The number of carbonyl (C=O) groups excluding carboxylic acids is 2. The van der Waals surface area contributed by atoms with E-state index in [1.54, 1.807) is 29.3 Å². The Hall–Kier alpha value is -8.57. The summed E-state index contributed by atoms with van der Waals surface area (Å²) in [4.78, 5) is 71.4. The summed E-state index contributed by atoms with van der Waals surface area (Å²) in [6.07, 6.45) is 10.0. The molecule has 642 valence electrons. The molecular weight excluding hydrogens is 1800 g/mol. The maximum atomic E-state index is 12.8. The van der Waals surface area contributed by atoms with Gasteiger partial charge in [-0.25, -0.2) is 24.7 Å². The van der Waals surface area contributed by atoms with Crippen molar-refractivity contribution in [1.29, 1.82) is 0 Å². The molecule has 3 aromatic carbocycles. The molecule has 14 rings (SSSR count). The van der Waals surface area contributed by atoms with Gasteiger partial charge in [0.05, 0.1) is 67.5 Å². The number of carbonyl (C=O) groups is 3. The summed E-state index contributed by atoms with van der Waals surface area (Å²) in [5.41, 5.74) is 14.1. The lowest BCUT2D eigenvalue weighted by Gasteiger charge is -2.32. The zero-order chi connectivity index (χ0) is 89.7. The quantitative estimate of drug-likeness (QED) is 0.0398. The van der Waals surface area contributed by atoms with Crippen molar-refractivity contribution in [2.75, 3.05) is 26.2 Å². The van der Waals surface area contributed by atoms with Gasteiger partial charge < -0.3 is 49.6 Å². The number of nitrogens with zero attached hydrogens (tertiary/aromatic N) is 9. The van der Waals surface area contributed by atoms with E-state index in [1.165, 1.54) is 30.3 Å². The first-order valence-corrected chi connectivity index (χ1v) is 43.3. The van der Waals surface area contributed by atoms with E-state index in [0.717, 1.165) is 113 Å². The maximum absolute atomic E-state index is 12.8. The fraction of sp³-hybridized carbons (Fsp3) is 0.344. The Labute approximate surface area is 757 Å². The molecule has 29 heteroatoms. The van der Waals surface area contributed by atoms with E-state index in [9.17, 15) is 19.5 Å². The summed E-state index contributed by atoms with van der Waals surface area (Å²) in [7, 11) is -1.94. The lowest BCUT2D eigenvalue weighted by molar-refractivity contribution is -0.120. The molecule has 6 N–H and O–H groups in total. The van der Waals surface area contributed by atoms with Crippen LogP contribution in [0.3, 0.4) is 0 Å². The molecular formula is C93H106B2Br3Cl3N10O11. The zero-order valence-corrected chi connectivity index (χ0v) is 78.6. The van der Waals surface area contributed by atoms with E-state index in [0.29, 0.717) is 52.8 Å². The molecule has 1 amide bonds. The number of aromatic carboxylic acids is 1. The topological polar surface area (TPSA) is 298 Å². The van der Waals surface area contributed by atoms with Crippen LogP contribution in [0, 0.1) is 0 Å². The number of amides is 1. The molecule has 0 saturated carbocycles. The SMILES string of the molecule is Brc1cccc(Br)n1.CC(C)(C)c1cc(-c2cccc(-c3ccc(C(=O)N4CCC(O)CC4)cc3Cl)n2)ccn1.CC(C)(C)c1cc(-c2cccc(-c3ccc(C(=O)O)cc3Cl)n2)ccn1.CC(C)(C)c1cc(-c2cccc(Br)n2)ccn1.CC(C)(C)c1cc(B2OC(C)(C)C(C)(C)O2)ccn1.O=COc1ccc(B(O)O)c(Cl)c1.OC1CCNCC1. The number of hydrogen-bond donors (Lipinski definition) is 6. The molecule has 21 nitrogen and oxygen atoms in total. The van der Waals surface area contributed by atoms with Gasteiger partial charge in [0, 0.05) is 126 Å². The number of carboxylic acids is 1. The smallest absolute Gasteiger partial charge is 0.478 e. The highest BCUT2D eigenvalue weighted by atomic mass is 79.9. The number of benzene rings is 3. The highest BCUT2D eigenvalue weighted by Crippen LogP contribution is 2.38. The number of halogens is 6. The van der Waals surface area contributed by atoms with E-state index in [-0.39, 0.29) is 86.4 Å². The molecule has 3 aliphatic rings. The standard InChI is InChI=1S/C26H28ClN3O2.C21H19ClN2O2.C15H24BNO2.C14H15BrN2.C7H6BClO4.C5H3Br2N.C5H11NO/c1-26(2,3)24-16-17(9-12-28-24)22-5-4-6-23(29-22)20-8-7-18(15-21(20)27)25(32)30-13-10-19(31)11-14-30;1-21(2,3)19-12-13(9-10-23-19)17-5-4-6-18(24-17)15-8-7-14(20(25)26)11-16(15)22;1-13(2,3)12-10-11(8-9-17-12)16-18-14(4,5)15(6,7)19-16;1-14(2,3)12-9-10(7-8-16-12)11-5-4-6-13(15)17-11;9-7-3-5(13-4-10)1-2-6(7)8(11)12;6-4-2-1-3-5(7)8-4;7-5-1-3-6-4-2-5/h4-9,12,15-16,19,31H,10-11,13-14H2,1-3H3;4-12H,1-3H3,(H,25,26);8-10H,1-7H3;4-9H,1-3H3;1-4,11-12H;1-3H;5-7H,1-4H2. The van der Waals surface area contributed by atoms with E-state index in [2.05, 4.69) is 217 Å². The summed E-state index contributed by atoms with van der Waals surface area (Å²) in [6.45, 7) is 37.3. The molecule has 3 aliphatic heterocycles. The second-order valence-electron chi connectivity index (χ2n) is 34.3. The largest absolute Gasteiger partial charge is 0.494 e. The number of ether oxygens (including phenoxy) is 1. The second-order valence-corrected chi connectivity index (χ2v) is 37.9. The normalized spacial score (nSPS) is 14.4. The highest BCUT2D eigenvalue weighted by molar-refractivity contribution is 9.11. The van der Waals surface area contributed by atoms with Gasteiger partial charge in [0.15, 0.2) is 0 Å². The lowest BCUT2D eigenvalue weighted by atomic mass is 9.77. The van der Waals surface area contributed by atoms with Crippen molar-refractivity contribution in [3.63, 3.8) is 0 Å². The van der Waals surface area contributed by atoms with Crippen LogP contribution in [0.1, 0.15) is 180 Å². The van der Waals surface area contributed by atoms with Gasteiger partial charge in [-0.15, -0.1) is 0 Å². The Morgan fingerprint density at radius 3 is 1.25 bits per heavy atom. The van der Waals surface area contributed by atoms with Crippen LogP contribution < -0.4 is 21.0 Å². The minimum absolute atomic E-state index is 0.0266. The number of carboxylic acid groups (broad SMARTS) is 1. The molecule has 8 aromatic heterocycles. The molecule has 11 aromatic rings. The number of hydrogen-bond acceptors (Lipinski definition) is 19. The fourth-order valence-electron chi connectivity index (χ4n) is 12.0. The van der Waals surface area contributed by atoms with Gasteiger partial charge in [0.25, 0.3) is 12.4 Å². The Morgan fingerprint density at radius 2 is 0.877 bits per heavy atom. The fourth-order valence-corrected chi connectivity index (χ4v) is 14.1. The van der Waals surface area contributed by atoms with Gasteiger partial charge in [0.2, 0.25) is 0 Å². The zero-order valence-electron chi connectivity index (χ0n) is 71.6. The number of likely N-dealkylation sites (tertiary alicyclic amines) is 1. The number of rotatable bonds is 11. The van der Waals surface area contributed by atoms with Crippen LogP contribution in [0.25, 0.3) is 56.3 Å². The summed E-state index contributed by atoms with van der Waals surface area (Å²) >= 11 is 28.3. The molecule has 0 unspecified atom stereocenters. The van der Waals surface area contributed by atoms with Gasteiger partial charge in [-0.05, 0) is 253 Å². The number of aliphatic hydroxyl groups excluding tert-OH is 2. The van der Waals surface area contributed by atoms with E-state index >= 15 is 0 Å². The van der Waals surface area contributed by atoms with Gasteiger partial charge in [0.1, 0.15) is 19.6 Å². The van der Waals surface area contributed by atoms with Gasteiger partial charge in [-0.1, -0.05) is 160 Å². The van der Waals surface area contributed by atoms with Gasteiger partial charge in [-0.3, -0.25) is 29.5 Å². The van der Waals surface area contributed by atoms with Crippen LogP contribution in [0.15, 0.2) is 215 Å². The first kappa shape index (κ1) is 98.9. The van der Waals surface area contributed by atoms with Crippen LogP contribution in [-0.2, 0) is 35.8 Å². The lowest BCUT2D eigenvalue weighted by Crippen LogP contribution is -2.41. The average Bonchev–Trinajstić information content (AvgIpc) is 1.61. The van der Waals surface area contributed by atoms with Crippen molar-refractivity contribution in [2.45, 2.75) is 182 Å². The Morgan fingerprint density at radius 1 is 0.492 bits per heavy atom. The van der Waals surface area contributed by atoms with Crippen molar-refractivity contribution < 1.29 is 53.8 Å². The first-order valence-electron chi connectivity index (χ1n) is 39.8. The minimum Gasteiger partial charge on any atom is -0.478 e. The second kappa shape index (κ2) is 44.3. The van der Waals surface area contributed by atoms with Crippen molar-refractivity contribution in [1.82, 2.24) is 50.1 Å². The number of piperidine rings is 2. The third-order valence-corrected chi connectivity index (χ3v) is 22.2. The maximum Gasteiger partial charge on any atom is 0.494 e. The molecule has 0 atom stereocenters. The van der Waals surface area contributed by atoms with E-state index < -0.39 is 13.1 Å². The predicted molar refractivity (Wildman–Crippen MR) is 500 cm³/mol. The summed E-state index contributed by atoms with van der Waals surface area (Å²) in [6, 6.07) is 53.4. The third kappa shape index (κ3) is 29.6. The van der Waals surface area contributed by atoms with E-state index in [4.69, 9.17) is 74.3 Å². The molecule has 11 heterocycles. The summed E-state index contributed by atoms with van der Waals surface area (Å²) in [5.74, 6) is -0.811. The Balaban J connectivity index is 0.000000186. The molecule has 0 aliphatic carbocycles. The first-order chi connectivity index (χ1) is 57.3. The predicted octanol–water partition coefficient (Wildman–Crippen LogP) is 19.6. The number of pyridine rings is 8. The van der Waals surface area contributed by atoms with Crippen molar-refractivity contribution in [3.05, 3.63) is 263 Å². The van der Waals surface area contributed by atoms with Crippen LogP contribution >= 0.6 is 82.6 Å². The Kier molecular flexibility index (Phi) is 35.9. The summed E-state index contributed by atoms with van der Waals surface area (Å²) in [5, 5.41) is 49.3. The van der Waals surface area contributed by atoms with Crippen LogP contribution in [0.4, 0.5) is 0 Å². The third-order valence-electron chi connectivity index (χ3n) is 19.9. The van der Waals surface area contributed by atoms with Crippen molar-refractivity contribution >= 4 is 126 Å². The molecule has 3 saturated heterocycles. The van der Waals surface area contributed by atoms with Gasteiger partial charge >= 0.3 is 20.2 Å². The number of aromatic nitrogens is 8. The molecule has 0 bridgehead atoms. The molecule has 122 heavy (non-hydrogen) atoms. The Bertz CT molecular complexity index is 5320. The molecule has 0 radical (unpaired) electrons. The molecule has 0 spiro atoms. The average molecular weight is 1910 g/mol. The van der Waals surface area contributed by atoms with Crippen LogP contribution in [-0.4, -0.2) is 152 Å². The highest BCUT2D eigenvalue weighted by Gasteiger charge is 2.52. The number of nitrogens with one attached hydrogen (secondary N) is 1. The minimum atomic E-state index is -1.63. The van der Waals surface area contributed by atoms with Crippen molar-refractivity contribution in [2.24, 2.45) is 0 Å².